The van der Waals surface area contributed by atoms with Crippen LogP contribution in [0, 0.1) is 11.3 Å². The molecule has 0 saturated carbocycles. The zero-order valence-corrected chi connectivity index (χ0v) is 11.6. The molecule has 1 N–H and O–H groups in total. The van der Waals surface area contributed by atoms with Gasteiger partial charge in [0, 0.05) is 11.3 Å². The molecule has 0 bridgehead atoms. The topological polar surface area (TPSA) is 79.2 Å². The maximum absolute atomic E-state index is 12.1. The van der Waals surface area contributed by atoms with Crippen molar-refractivity contribution in [3.8, 4) is 6.07 Å². The van der Waals surface area contributed by atoms with Gasteiger partial charge in [0.25, 0.3) is 0 Å². The van der Waals surface area contributed by atoms with Gasteiger partial charge in [-0.3, -0.25) is 4.79 Å². The van der Waals surface area contributed by atoms with Crippen LogP contribution in [0.4, 0.5) is 5.69 Å². The van der Waals surface area contributed by atoms with E-state index in [0.717, 1.165) is 5.56 Å². The van der Waals surface area contributed by atoms with Gasteiger partial charge in [0.2, 0.25) is 5.91 Å². The van der Waals surface area contributed by atoms with Crippen molar-refractivity contribution >= 4 is 17.6 Å². The normalized spacial score (nSPS) is 15.6. The van der Waals surface area contributed by atoms with Crippen molar-refractivity contribution in [1.82, 2.24) is 0 Å². The summed E-state index contributed by atoms with van der Waals surface area (Å²) in [5.41, 5.74) is 2.25. The molecule has 3 rings (SSSR count). The van der Waals surface area contributed by atoms with Crippen LogP contribution in [0.15, 0.2) is 48.5 Å². The summed E-state index contributed by atoms with van der Waals surface area (Å²) < 4.78 is 5.23. The van der Waals surface area contributed by atoms with Crippen molar-refractivity contribution in [2.75, 3.05) is 5.32 Å². The number of carbonyl (C=O) groups excluding carboxylic acids is 2. The first-order chi connectivity index (χ1) is 10.7. The van der Waals surface area contributed by atoms with Crippen molar-refractivity contribution in [2.45, 2.75) is 12.5 Å². The number of fused-ring (bicyclic) bond motifs is 1. The Morgan fingerprint density at radius 2 is 2.05 bits per heavy atom. The molecule has 2 aromatic rings. The summed E-state index contributed by atoms with van der Waals surface area (Å²) in [7, 11) is 0. The first-order valence-electron chi connectivity index (χ1n) is 6.77. The van der Waals surface area contributed by atoms with Gasteiger partial charge >= 0.3 is 5.97 Å². The molecular weight excluding hydrogens is 280 g/mol. The van der Waals surface area contributed by atoms with Gasteiger partial charge in [0.05, 0.1) is 23.6 Å². The molecular formula is C17H12N2O3. The molecule has 5 nitrogen and oxygen atoms in total. The highest BCUT2D eigenvalue weighted by Gasteiger charge is 2.31. The number of nitrogens with one attached hydrogen (secondary N) is 1. The number of rotatable bonds is 3. The Bertz CT molecular complexity index is 792. The van der Waals surface area contributed by atoms with Crippen molar-refractivity contribution in [2.24, 2.45) is 0 Å². The second-order valence-electron chi connectivity index (χ2n) is 4.93. The van der Waals surface area contributed by atoms with E-state index in [9.17, 15) is 9.59 Å². The minimum absolute atomic E-state index is 0.0412. The van der Waals surface area contributed by atoms with E-state index in [2.05, 4.69) is 5.32 Å². The summed E-state index contributed by atoms with van der Waals surface area (Å²) in [5.74, 6) is -0.676. The largest absolute Gasteiger partial charge is 0.453 e. The van der Waals surface area contributed by atoms with E-state index in [4.69, 9.17) is 10.00 Å². The smallest absolute Gasteiger partial charge is 0.339 e. The molecule has 2 aromatic carbocycles. The van der Waals surface area contributed by atoms with Crippen molar-refractivity contribution < 1.29 is 14.3 Å². The standard InChI is InChI=1S/C17H12N2O3/c18-10-11-4-3-5-12(8-11)19-16(20)9-15-13-6-1-2-7-14(13)17(21)22-15/h1-8,15H,9H2,(H,19,20)/t15-/m0/s1. The minimum Gasteiger partial charge on any atom is -0.453 e. The first kappa shape index (κ1) is 13.8. The van der Waals surface area contributed by atoms with E-state index in [1.54, 1.807) is 42.5 Å². The number of nitrogens with zero attached hydrogens (tertiary/aromatic N) is 1. The van der Waals surface area contributed by atoms with Crippen molar-refractivity contribution in [3.05, 3.63) is 65.2 Å². The Morgan fingerprint density at radius 1 is 1.23 bits per heavy atom. The number of amides is 1. The van der Waals surface area contributed by atoms with Gasteiger partial charge < -0.3 is 10.1 Å². The number of cyclic esters (lactones) is 1. The zero-order valence-electron chi connectivity index (χ0n) is 11.6. The lowest BCUT2D eigenvalue weighted by molar-refractivity contribution is -0.118. The highest BCUT2D eigenvalue weighted by Crippen LogP contribution is 2.32. The van der Waals surface area contributed by atoms with Gasteiger partial charge in [0.1, 0.15) is 6.10 Å². The van der Waals surface area contributed by atoms with E-state index in [-0.39, 0.29) is 12.3 Å². The van der Waals surface area contributed by atoms with Crippen LogP contribution in [0.1, 0.15) is 34.0 Å². The highest BCUT2D eigenvalue weighted by atomic mass is 16.5. The minimum atomic E-state index is -0.567. The molecule has 0 saturated heterocycles. The predicted octanol–water partition coefficient (Wildman–Crippen LogP) is 2.80. The van der Waals surface area contributed by atoms with Gasteiger partial charge in [-0.2, -0.15) is 5.26 Å². The summed E-state index contributed by atoms with van der Waals surface area (Å²) in [5, 5.41) is 11.6. The molecule has 0 spiro atoms. The Hall–Kier alpha value is -3.13. The van der Waals surface area contributed by atoms with E-state index < -0.39 is 12.1 Å². The highest BCUT2D eigenvalue weighted by molar-refractivity contribution is 5.96. The van der Waals surface area contributed by atoms with Gasteiger partial charge in [-0.1, -0.05) is 24.3 Å². The van der Waals surface area contributed by atoms with Gasteiger partial charge in [-0.25, -0.2) is 4.79 Å². The molecule has 1 heterocycles. The maximum Gasteiger partial charge on any atom is 0.339 e. The number of hydrogen-bond acceptors (Lipinski definition) is 4. The molecule has 0 fully saturated rings. The van der Waals surface area contributed by atoms with Crippen LogP contribution in [0.2, 0.25) is 0 Å². The number of anilines is 1. The molecule has 0 aliphatic carbocycles. The third-order valence-electron chi connectivity index (χ3n) is 3.42. The zero-order chi connectivity index (χ0) is 15.5. The van der Waals surface area contributed by atoms with Gasteiger partial charge in [0.15, 0.2) is 0 Å². The monoisotopic (exact) mass is 292 g/mol. The molecule has 108 valence electrons. The predicted molar refractivity (Wildman–Crippen MR) is 79.0 cm³/mol. The first-order valence-corrected chi connectivity index (χ1v) is 6.77. The second-order valence-corrected chi connectivity index (χ2v) is 4.93. The van der Waals surface area contributed by atoms with Crippen LogP contribution in [0.5, 0.6) is 0 Å². The molecule has 1 atom stereocenters. The third-order valence-corrected chi connectivity index (χ3v) is 3.42. The number of esters is 1. The SMILES string of the molecule is N#Cc1cccc(NC(=O)C[C@@H]2OC(=O)c3ccccc32)c1. The average Bonchev–Trinajstić information content (AvgIpc) is 2.84. The summed E-state index contributed by atoms with van der Waals surface area (Å²) in [4.78, 5) is 23.8. The van der Waals surface area contributed by atoms with Crippen molar-refractivity contribution in [1.29, 1.82) is 5.26 Å². The number of nitriles is 1. The number of carbonyl (C=O) groups is 2. The summed E-state index contributed by atoms with van der Waals surface area (Å²) in [6, 6.07) is 15.7. The lowest BCUT2D eigenvalue weighted by Crippen LogP contribution is -2.15. The molecule has 5 heteroatoms. The molecule has 1 aliphatic heterocycles. The van der Waals surface area contributed by atoms with Crippen LogP contribution >= 0.6 is 0 Å². The summed E-state index contributed by atoms with van der Waals surface area (Å²) in [6.07, 6.45) is -0.526. The molecule has 1 amide bonds. The number of hydrogen-bond donors (Lipinski definition) is 1. The lowest BCUT2D eigenvalue weighted by atomic mass is 10.0. The van der Waals surface area contributed by atoms with Gasteiger partial charge in [-0.05, 0) is 24.3 Å². The van der Waals surface area contributed by atoms with E-state index in [1.165, 1.54) is 0 Å². The van der Waals surface area contributed by atoms with E-state index in [1.807, 2.05) is 12.1 Å². The Kier molecular flexibility index (Phi) is 3.58. The van der Waals surface area contributed by atoms with Gasteiger partial charge in [-0.15, -0.1) is 0 Å². The van der Waals surface area contributed by atoms with Crippen LogP contribution < -0.4 is 5.32 Å². The lowest BCUT2D eigenvalue weighted by Gasteiger charge is -2.11. The van der Waals surface area contributed by atoms with Crippen LogP contribution in [-0.4, -0.2) is 11.9 Å². The molecule has 0 aromatic heterocycles. The average molecular weight is 292 g/mol. The maximum atomic E-state index is 12.1. The van der Waals surface area contributed by atoms with E-state index >= 15 is 0 Å². The summed E-state index contributed by atoms with van der Waals surface area (Å²) in [6.45, 7) is 0. The Labute approximate surface area is 127 Å². The molecule has 0 unspecified atom stereocenters. The van der Waals surface area contributed by atoms with Crippen molar-refractivity contribution in [3.63, 3.8) is 0 Å². The fourth-order valence-corrected chi connectivity index (χ4v) is 2.42. The third kappa shape index (κ3) is 2.67. The van der Waals surface area contributed by atoms with Crippen LogP contribution in [0.25, 0.3) is 0 Å². The molecule has 22 heavy (non-hydrogen) atoms. The summed E-state index contributed by atoms with van der Waals surface area (Å²) >= 11 is 0. The van der Waals surface area contributed by atoms with E-state index in [0.29, 0.717) is 16.8 Å². The fourth-order valence-electron chi connectivity index (χ4n) is 2.42. The molecule has 1 aliphatic rings. The van der Waals surface area contributed by atoms with Crippen LogP contribution in [0.3, 0.4) is 0 Å². The second kappa shape index (κ2) is 5.70. The fraction of sp³-hybridized carbons (Fsp3) is 0.118. The quantitative estimate of drug-likeness (QED) is 0.882. The Balaban J connectivity index is 1.71. The van der Waals surface area contributed by atoms with Crippen LogP contribution in [-0.2, 0) is 9.53 Å². The number of ether oxygens (including phenoxy) is 1. The number of benzene rings is 2. The Morgan fingerprint density at radius 3 is 2.86 bits per heavy atom. The molecule has 0 radical (unpaired) electrons.